The lowest BCUT2D eigenvalue weighted by Crippen LogP contribution is -2.29. The maximum absolute atomic E-state index is 12.9. The molecular weight excluding hydrogens is 418 g/mol. The SMILES string of the molecule is COCCOc1ncccc1NC(=O)CCNS(=O)(=O)c1c(C)c(C)c(C)c(C)c1C. The molecule has 0 atom stereocenters. The van der Waals surface area contributed by atoms with Gasteiger partial charge in [0.15, 0.2) is 0 Å². The van der Waals surface area contributed by atoms with Crippen molar-refractivity contribution >= 4 is 21.6 Å². The molecule has 0 radical (unpaired) electrons. The summed E-state index contributed by atoms with van der Waals surface area (Å²) >= 11 is 0. The fourth-order valence-electron chi connectivity index (χ4n) is 3.28. The van der Waals surface area contributed by atoms with Crippen molar-refractivity contribution in [2.24, 2.45) is 0 Å². The molecule has 0 aliphatic heterocycles. The molecule has 0 saturated heterocycles. The number of anilines is 1. The van der Waals surface area contributed by atoms with E-state index in [-0.39, 0.29) is 29.6 Å². The van der Waals surface area contributed by atoms with Crippen LogP contribution in [-0.2, 0) is 19.6 Å². The Morgan fingerprint density at radius 3 is 2.23 bits per heavy atom. The van der Waals surface area contributed by atoms with Gasteiger partial charge in [-0.1, -0.05) is 0 Å². The largest absolute Gasteiger partial charge is 0.474 e. The summed E-state index contributed by atoms with van der Waals surface area (Å²) in [7, 11) is -2.19. The number of hydrogen-bond acceptors (Lipinski definition) is 6. The minimum absolute atomic E-state index is 0.0286. The van der Waals surface area contributed by atoms with Gasteiger partial charge in [0.1, 0.15) is 12.3 Å². The third-order valence-corrected chi connectivity index (χ3v) is 7.15. The van der Waals surface area contributed by atoms with E-state index in [2.05, 4.69) is 15.0 Å². The van der Waals surface area contributed by atoms with Crippen LogP contribution in [0.5, 0.6) is 5.88 Å². The Balaban J connectivity index is 2.04. The number of nitrogens with one attached hydrogen (secondary N) is 2. The Bertz CT molecular complexity index is 1020. The molecule has 1 aromatic carbocycles. The third-order valence-electron chi connectivity index (χ3n) is 5.42. The first-order valence-corrected chi connectivity index (χ1v) is 11.5. The monoisotopic (exact) mass is 449 g/mol. The van der Waals surface area contributed by atoms with Gasteiger partial charge in [-0.3, -0.25) is 4.79 Å². The van der Waals surface area contributed by atoms with Crippen LogP contribution in [0.1, 0.15) is 34.2 Å². The molecular formula is C22H31N3O5S. The molecule has 0 aliphatic rings. The van der Waals surface area contributed by atoms with Gasteiger partial charge in [-0.15, -0.1) is 0 Å². The van der Waals surface area contributed by atoms with E-state index in [0.29, 0.717) is 18.9 Å². The van der Waals surface area contributed by atoms with Crippen molar-refractivity contribution < 1.29 is 22.7 Å². The second-order valence-electron chi connectivity index (χ2n) is 7.35. The lowest BCUT2D eigenvalue weighted by atomic mass is 9.95. The molecule has 0 aliphatic carbocycles. The lowest BCUT2D eigenvalue weighted by Gasteiger charge is -2.19. The van der Waals surface area contributed by atoms with Gasteiger partial charge in [-0.05, 0) is 74.6 Å². The number of nitrogens with zero attached hydrogens (tertiary/aromatic N) is 1. The summed E-state index contributed by atoms with van der Waals surface area (Å²) in [4.78, 5) is 16.7. The molecule has 2 rings (SSSR count). The number of carbonyl (C=O) groups excluding carboxylic acids is 1. The fourth-order valence-corrected chi connectivity index (χ4v) is 4.90. The third kappa shape index (κ3) is 6.03. The zero-order valence-corrected chi connectivity index (χ0v) is 19.8. The Morgan fingerprint density at radius 2 is 1.61 bits per heavy atom. The van der Waals surface area contributed by atoms with Crippen molar-refractivity contribution in [2.45, 2.75) is 45.9 Å². The second-order valence-corrected chi connectivity index (χ2v) is 9.05. The van der Waals surface area contributed by atoms with Crippen LogP contribution in [0, 0.1) is 34.6 Å². The van der Waals surface area contributed by atoms with Crippen molar-refractivity contribution in [3.05, 3.63) is 46.1 Å². The van der Waals surface area contributed by atoms with Crippen LogP contribution < -0.4 is 14.8 Å². The minimum Gasteiger partial charge on any atom is -0.474 e. The van der Waals surface area contributed by atoms with Crippen molar-refractivity contribution in [3.8, 4) is 5.88 Å². The summed E-state index contributed by atoms with van der Waals surface area (Å²) in [5, 5.41) is 2.71. The van der Waals surface area contributed by atoms with Gasteiger partial charge in [0, 0.05) is 26.3 Å². The molecule has 1 heterocycles. The van der Waals surface area contributed by atoms with Crippen molar-refractivity contribution in [1.82, 2.24) is 9.71 Å². The van der Waals surface area contributed by atoms with Crippen LogP contribution in [0.3, 0.4) is 0 Å². The molecule has 0 bridgehead atoms. The molecule has 8 nitrogen and oxygen atoms in total. The molecule has 31 heavy (non-hydrogen) atoms. The van der Waals surface area contributed by atoms with Gasteiger partial charge in [0.05, 0.1) is 11.5 Å². The molecule has 2 aromatic rings. The zero-order chi connectivity index (χ0) is 23.2. The van der Waals surface area contributed by atoms with Crippen molar-refractivity contribution in [2.75, 3.05) is 32.2 Å². The van der Waals surface area contributed by atoms with Crippen LogP contribution in [0.25, 0.3) is 0 Å². The molecule has 0 fully saturated rings. The quantitative estimate of drug-likeness (QED) is 0.540. The average Bonchev–Trinajstić information content (AvgIpc) is 2.72. The van der Waals surface area contributed by atoms with E-state index < -0.39 is 10.0 Å². The summed E-state index contributed by atoms with van der Waals surface area (Å²) < 4.78 is 38.9. The first-order chi connectivity index (χ1) is 14.6. The van der Waals surface area contributed by atoms with E-state index in [1.807, 2.05) is 34.6 Å². The number of hydrogen-bond donors (Lipinski definition) is 2. The van der Waals surface area contributed by atoms with Gasteiger partial charge in [0.25, 0.3) is 0 Å². The van der Waals surface area contributed by atoms with Gasteiger partial charge in [0.2, 0.25) is 21.8 Å². The van der Waals surface area contributed by atoms with Gasteiger partial charge >= 0.3 is 0 Å². The van der Waals surface area contributed by atoms with Gasteiger partial charge in [-0.2, -0.15) is 0 Å². The van der Waals surface area contributed by atoms with Crippen molar-refractivity contribution in [1.29, 1.82) is 0 Å². The smallest absolute Gasteiger partial charge is 0.241 e. The molecule has 1 amide bonds. The predicted octanol–water partition coefficient (Wildman–Crippen LogP) is 2.96. The number of sulfonamides is 1. The highest BCUT2D eigenvalue weighted by molar-refractivity contribution is 7.89. The standard InChI is InChI=1S/C22H31N3O5S/c1-14-15(2)17(4)21(18(5)16(14)3)31(27,28)24-11-9-20(26)25-19-8-7-10-23-22(19)30-13-12-29-6/h7-8,10,24H,9,11-13H2,1-6H3,(H,25,26). The van der Waals surface area contributed by atoms with E-state index in [9.17, 15) is 13.2 Å². The predicted molar refractivity (Wildman–Crippen MR) is 120 cm³/mol. The first kappa shape index (κ1) is 24.8. The van der Waals surface area contributed by atoms with E-state index in [1.54, 1.807) is 25.4 Å². The number of amides is 1. The van der Waals surface area contributed by atoms with Crippen LogP contribution >= 0.6 is 0 Å². The summed E-state index contributed by atoms with van der Waals surface area (Å²) in [6.45, 7) is 10.1. The second kappa shape index (κ2) is 10.7. The topological polar surface area (TPSA) is 107 Å². The molecule has 2 N–H and O–H groups in total. The molecule has 9 heteroatoms. The van der Waals surface area contributed by atoms with E-state index in [1.165, 1.54) is 0 Å². The Hall–Kier alpha value is -2.49. The molecule has 0 spiro atoms. The highest BCUT2D eigenvalue weighted by Gasteiger charge is 2.23. The first-order valence-electron chi connectivity index (χ1n) is 10.0. The minimum atomic E-state index is -3.76. The number of carbonyl (C=O) groups is 1. The Labute approximate surface area is 184 Å². The van der Waals surface area contributed by atoms with Crippen LogP contribution in [0.2, 0.25) is 0 Å². The van der Waals surface area contributed by atoms with Crippen LogP contribution in [-0.4, -0.2) is 46.2 Å². The summed E-state index contributed by atoms with van der Waals surface area (Å²) in [5.41, 5.74) is 4.88. The summed E-state index contributed by atoms with van der Waals surface area (Å²) in [5.74, 6) is -0.0673. The van der Waals surface area contributed by atoms with Crippen LogP contribution in [0.15, 0.2) is 23.2 Å². The van der Waals surface area contributed by atoms with E-state index >= 15 is 0 Å². The number of rotatable bonds is 10. The van der Waals surface area contributed by atoms with Gasteiger partial charge < -0.3 is 14.8 Å². The lowest BCUT2D eigenvalue weighted by molar-refractivity contribution is -0.116. The highest BCUT2D eigenvalue weighted by Crippen LogP contribution is 2.29. The number of ether oxygens (including phenoxy) is 2. The molecule has 0 unspecified atom stereocenters. The van der Waals surface area contributed by atoms with Gasteiger partial charge in [-0.25, -0.2) is 18.1 Å². The molecule has 0 saturated carbocycles. The number of pyridine rings is 1. The summed E-state index contributed by atoms with van der Waals surface area (Å²) in [6, 6.07) is 3.34. The highest BCUT2D eigenvalue weighted by atomic mass is 32.2. The maximum atomic E-state index is 12.9. The fraction of sp³-hybridized carbons (Fsp3) is 0.455. The summed E-state index contributed by atoms with van der Waals surface area (Å²) in [6.07, 6.45) is 1.52. The molecule has 170 valence electrons. The van der Waals surface area contributed by atoms with E-state index in [4.69, 9.17) is 9.47 Å². The normalized spacial score (nSPS) is 11.4. The number of methoxy groups -OCH3 is 1. The zero-order valence-electron chi connectivity index (χ0n) is 19.0. The van der Waals surface area contributed by atoms with Crippen LogP contribution in [0.4, 0.5) is 5.69 Å². The number of benzene rings is 1. The van der Waals surface area contributed by atoms with E-state index in [0.717, 1.165) is 27.8 Å². The average molecular weight is 450 g/mol. The number of aromatic nitrogens is 1. The Morgan fingerprint density at radius 1 is 1.00 bits per heavy atom. The Kier molecular flexibility index (Phi) is 8.55. The van der Waals surface area contributed by atoms with Crippen molar-refractivity contribution in [3.63, 3.8) is 0 Å². The molecule has 1 aromatic heterocycles. The maximum Gasteiger partial charge on any atom is 0.241 e.